The van der Waals surface area contributed by atoms with E-state index in [4.69, 9.17) is 22.1 Å². The van der Waals surface area contributed by atoms with Crippen molar-refractivity contribution in [3.05, 3.63) is 94.5 Å². The molecule has 2 aliphatic rings. The molecule has 3 aromatic rings. The molecule has 5 N–H and O–H groups in total. The van der Waals surface area contributed by atoms with E-state index in [1.165, 1.54) is 12.1 Å². The molecule has 43 heavy (non-hydrogen) atoms. The maximum absolute atomic E-state index is 13.4. The molecule has 2 bridgehead atoms. The SMILES string of the molecule is Nc1ccccc1NC(=O)/C=C/c1ccc([C@H](NCCN2CC3CC2CO3)C(=O)Nc2ccc(C(F)(F)F)c(Cl)c2)cc1. The third kappa shape index (κ3) is 7.74. The smallest absolute Gasteiger partial charge is 0.397 e. The van der Waals surface area contributed by atoms with E-state index >= 15 is 0 Å². The fraction of sp³-hybridized carbons (Fsp3) is 0.290. The molecule has 8 nitrogen and oxygen atoms in total. The number of halogens is 4. The van der Waals surface area contributed by atoms with Gasteiger partial charge >= 0.3 is 6.18 Å². The second-order valence-corrected chi connectivity index (χ2v) is 10.9. The first-order chi connectivity index (χ1) is 20.6. The van der Waals surface area contributed by atoms with Gasteiger partial charge in [-0.05, 0) is 54.0 Å². The van der Waals surface area contributed by atoms with Crippen LogP contribution in [-0.2, 0) is 20.5 Å². The van der Waals surface area contributed by atoms with Crippen LogP contribution in [0.5, 0.6) is 0 Å². The number of amides is 2. The maximum Gasteiger partial charge on any atom is 0.417 e. The van der Waals surface area contributed by atoms with Gasteiger partial charge < -0.3 is 26.4 Å². The van der Waals surface area contributed by atoms with Crippen molar-refractivity contribution in [2.45, 2.75) is 30.8 Å². The highest BCUT2D eigenvalue weighted by Gasteiger charge is 2.38. The summed E-state index contributed by atoms with van der Waals surface area (Å²) in [5, 5.41) is 8.20. The van der Waals surface area contributed by atoms with E-state index in [1.807, 2.05) is 0 Å². The Labute approximate surface area is 252 Å². The minimum absolute atomic E-state index is 0.147. The summed E-state index contributed by atoms with van der Waals surface area (Å²) in [5.74, 6) is -0.803. The van der Waals surface area contributed by atoms with Gasteiger partial charge in [0.1, 0.15) is 6.04 Å². The van der Waals surface area contributed by atoms with Crippen LogP contribution in [0, 0.1) is 0 Å². The third-order valence-corrected chi connectivity index (χ3v) is 7.79. The lowest BCUT2D eigenvalue weighted by atomic mass is 10.0. The van der Waals surface area contributed by atoms with Crippen molar-refractivity contribution in [3.63, 3.8) is 0 Å². The van der Waals surface area contributed by atoms with Gasteiger partial charge in [-0.3, -0.25) is 14.5 Å². The van der Waals surface area contributed by atoms with Crippen LogP contribution >= 0.6 is 11.6 Å². The van der Waals surface area contributed by atoms with Crippen LogP contribution in [-0.4, -0.2) is 55.1 Å². The van der Waals surface area contributed by atoms with Crippen LogP contribution in [0.4, 0.5) is 30.2 Å². The van der Waals surface area contributed by atoms with E-state index in [0.29, 0.717) is 42.7 Å². The first-order valence-electron chi connectivity index (χ1n) is 13.8. The highest BCUT2D eigenvalue weighted by molar-refractivity contribution is 6.31. The second-order valence-electron chi connectivity index (χ2n) is 10.5. The summed E-state index contributed by atoms with van der Waals surface area (Å²) in [6.07, 6.45) is -0.331. The molecule has 3 aromatic carbocycles. The average Bonchev–Trinajstić information content (AvgIpc) is 3.59. The second kappa shape index (κ2) is 13.2. The minimum Gasteiger partial charge on any atom is -0.397 e. The number of nitrogens with one attached hydrogen (secondary N) is 3. The Balaban J connectivity index is 1.27. The molecule has 0 radical (unpaired) electrons. The van der Waals surface area contributed by atoms with Gasteiger partial charge in [0, 0.05) is 37.4 Å². The fourth-order valence-electron chi connectivity index (χ4n) is 5.26. The van der Waals surface area contributed by atoms with Crippen molar-refractivity contribution in [1.82, 2.24) is 10.2 Å². The number of anilines is 3. The molecule has 0 saturated carbocycles. The molecule has 2 saturated heterocycles. The molecule has 2 fully saturated rings. The quantitative estimate of drug-likeness (QED) is 0.182. The number of carbonyl (C=O) groups is 2. The normalized spacial score (nSPS) is 19.1. The van der Waals surface area contributed by atoms with Gasteiger partial charge in [-0.25, -0.2) is 0 Å². The Kier molecular flexibility index (Phi) is 9.36. The molecule has 0 spiro atoms. The summed E-state index contributed by atoms with van der Waals surface area (Å²) in [4.78, 5) is 28.1. The van der Waals surface area contributed by atoms with E-state index in [-0.39, 0.29) is 17.7 Å². The molecule has 226 valence electrons. The van der Waals surface area contributed by atoms with Gasteiger partial charge in [-0.2, -0.15) is 13.2 Å². The number of rotatable bonds is 10. The van der Waals surface area contributed by atoms with Crippen LogP contribution in [0.1, 0.15) is 29.2 Å². The summed E-state index contributed by atoms with van der Waals surface area (Å²) in [6, 6.07) is 16.7. The lowest BCUT2D eigenvalue weighted by Crippen LogP contribution is -2.43. The Morgan fingerprint density at radius 3 is 2.51 bits per heavy atom. The first kappa shape index (κ1) is 30.6. The van der Waals surface area contributed by atoms with Gasteiger partial charge in [0.15, 0.2) is 0 Å². The van der Waals surface area contributed by atoms with Gasteiger partial charge in [0.05, 0.1) is 34.7 Å². The molecule has 2 heterocycles. The number of nitrogen functional groups attached to an aromatic ring is 1. The van der Waals surface area contributed by atoms with Crippen LogP contribution in [0.3, 0.4) is 0 Å². The summed E-state index contributed by atoms with van der Waals surface area (Å²) < 4.78 is 45.1. The fourth-order valence-corrected chi connectivity index (χ4v) is 5.55. The molecule has 2 unspecified atom stereocenters. The van der Waals surface area contributed by atoms with E-state index < -0.39 is 28.7 Å². The van der Waals surface area contributed by atoms with Crippen molar-refractivity contribution in [3.8, 4) is 0 Å². The van der Waals surface area contributed by atoms with E-state index in [0.717, 1.165) is 30.7 Å². The Bertz CT molecular complexity index is 1500. The van der Waals surface area contributed by atoms with Crippen LogP contribution < -0.4 is 21.7 Å². The van der Waals surface area contributed by atoms with Crippen LogP contribution in [0.25, 0.3) is 6.08 Å². The Morgan fingerprint density at radius 1 is 1.09 bits per heavy atom. The minimum atomic E-state index is -4.60. The highest BCUT2D eigenvalue weighted by atomic mass is 35.5. The molecule has 3 atom stereocenters. The van der Waals surface area contributed by atoms with Crippen molar-refractivity contribution in [2.24, 2.45) is 0 Å². The van der Waals surface area contributed by atoms with Crippen molar-refractivity contribution in [2.75, 3.05) is 42.6 Å². The predicted molar refractivity (Wildman–Crippen MR) is 161 cm³/mol. The number of likely N-dealkylation sites (tertiary alicyclic amines) is 1. The topological polar surface area (TPSA) is 109 Å². The van der Waals surface area contributed by atoms with Gasteiger partial charge in [0.2, 0.25) is 11.8 Å². The number of fused-ring (bicyclic) bond motifs is 2. The molecule has 0 aliphatic carbocycles. The lowest BCUT2D eigenvalue weighted by molar-refractivity contribution is -0.137. The predicted octanol–water partition coefficient (Wildman–Crippen LogP) is 5.34. The summed E-state index contributed by atoms with van der Waals surface area (Å²) in [6.45, 7) is 2.76. The van der Waals surface area contributed by atoms with Crippen LogP contribution in [0.15, 0.2) is 72.8 Å². The number of carbonyl (C=O) groups excluding carboxylic acids is 2. The zero-order chi connectivity index (χ0) is 30.6. The standard InChI is InChI=1S/C31H31ClF3N5O3/c32-25-15-21(10-11-24(25)31(33,34)35)38-30(42)29(37-13-14-40-17-23-16-22(40)18-43-23)20-8-5-19(6-9-20)7-12-28(41)39-27-4-2-1-3-26(27)36/h1-12,15,22-23,29,37H,13-14,16-18,36H2,(H,38,42)(H,39,41)/b12-7+/t22?,23?,29-/m0/s1. The van der Waals surface area contributed by atoms with Gasteiger partial charge in [0.25, 0.3) is 0 Å². The largest absolute Gasteiger partial charge is 0.417 e. The monoisotopic (exact) mass is 613 g/mol. The summed E-state index contributed by atoms with van der Waals surface area (Å²) in [7, 11) is 0. The zero-order valence-corrected chi connectivity index (χ0v) is 23.8. The molecule has 2 amide bonds. The number of hydrogen-bond acceptors (Lipinski definition) is 6. The van der Waals surface area contributed by atoms with E-state index in [9.17, 15) is 22.8 Å². The number of hydrogen-bond donors (Lipinski definition) is 4. The maximum atomic E-state index is 13.4. The van der Waals surface area contributed by atoms with Crippen molar-refractivity contribution < 1.29 is 27.5 Å². The third-order valence-electron chi connectivity index (χ3n) is 7.48. The first-order valence-corrected chi connectivity index (χ1v) is 14.1. The van der Waals surface area contributed by atoms with Gasteiger partial charge in [-0.1, -0.05) is 48.0 Å². The molecule has 12 heteroatoms. The highest BCUT2D eigenvalue weighted by Crippen LogP contribution is 2.36. The number of nitrogens with zero attached hydrogens (tertiary/aromatic N) is 1. The number of para-hydroxylation sites is 2. The number of alkyl halides is 3. The van der Waals surface area contributed by atoms with E-state index in [1.54, 1.807) is 54.6 Å². The molecular weight excluding hydrogens is 583 g/mol. The summed E-state index contributed by atoms with van der Waals surface area (Å²) >= 11 is 5.86. The number of nitrogens with two attached hydrogens (primary N) is 1. The van der Waals surface area contributed by atoms with Crippen molar-refractivity contribution in [1.29, 1.82) is 0 Å². The Morgan fingerprint density at radius 2 is 1.86 bits per heavy atom. The molecular formula is C31H31ClF3N5O3. The number of morpholine rings is 1. The van der Waals surface area contributed by atoms with E-state index in [2.05, 4.69) is 20.9 Å². The van der Waals surface area contributed by atoms with Crippen molar-refractivity contribution >= 4 is 46.6 Å². The lowest BCUT2D eigenvalue weighted by Gasteiger charge is -2.27. The zero-order valence-electron chi connectivity index (χ0n) is 23.0. The Hall–Kier alpha value is -3.90. The molecule has 0 aromatic heterocycles. The molecule has 2 aliphatic heterocycles. The number of benzene rings is 3. The molecule has 5 rings (SSSR count). The number of ether oxygens (including phenoxy) is 1. The van der Waals surface area contributed by atoms with Crippen LogP contribution in [0.2, 0.25) is 5.02 Å². The average molecular weight is 614 g/mol. The summed E-state index contributed by atoms with van der Waals surface area (Å²) in [5.41, 5.74) is 7.37. The van der Waals surface area contributed by atoms with Gasteiger partial charge in [-0.15, -0.1) is 0 Å².